The van der Waals surface area contributed by atoms with E-state index in [1.54, 1.807) is 18.2 Å². The maximum absolute atomic E-state index is 13.4. The molecule has 1 aliphatic rings. The first-order chi connectivity index (χ1) is 17.0. The summed E-state index contributed by atoms with van der Waals surface area (Å²) in [5.41, 5.74) is 3.45. The van der Waals surface area contributed by atoms with Gasteiger partial charge in [0.25, 0.3) is 0 Å². The van der Waals surface area contributed by atoms with Gasteiger partial charge in [-0.25, -0.2) is 4.39 Å². The van der Waals surface area contributed by atoms with Gasteiger partial charge in [0.15, 0.2) is 11.0 Å². The van der Waals surface area contributed by atoms with Crippen molar-refractivity contribution in [2.24, 2.45) is 0 Å². The maximum atomic E-state index is 13.4. The van der Waals surface area contributed by atoms with Crippen LogP contribution in [0.4, 0.5) is 10.3 Å². The zero-order chi connectivity index (χ0) is 24.2. The molecule has 2 aromatic carbocycles. The highest BCUT2D eigenvalue weighted by Crippen LogP contribution is 2.27. The Morgan fingerprint density at radius 3 is 2.66 bits per heavy atom. The highest BCUT2D eigenvalue weighted by molar-refractivity contribution is 7.99. The van der Waals surface area contributed by atoms with Crippen molar-refractivity contribution in [2.45, 2.75) is 37.6 Å². The molecule has 10 heteroatoms. The standard InChI is InChI=1S/C25H24FN5O3S/c1-16-4-6-17(7-5-16)21-13-23(34-30-21)27-22(32)15-35-25-29-28-24(18-8-10-19(26)11-9-18)31(25)14-20-3-2-12-33-20/h4-11,13,20H,2-3,12,14-15H2,1H3,(H,27,32). The van der Waals surface area contributed by atoms with E-state index in [9.17, 15) is 9.18 Å². The van der Waals surface area contributed by atoms with Crippen molar-refractivity contribution in [1.82, 2.24) is 19.9 Å². The highest BCUT2D eigenvalue weighted by Gasteiger charge is 2.22. The van der Waals surface area contributed by atoms with E-state index in [1.807, 2.05) is 35.8 Å². The van der Waals surface area contributed by atoms with E-state index in [1.165, 1.54) is 23.9 Å². The molecule has 1 amide bonds. The second-order valence-electron chi connectivity index (χ2n) is 8.34. The van der Waals surface area contributed by atoms with Gasteiger partial charge >= 0.3 is 0 Å². The van der Waals surface area contributed by atoms with Crippen LogP contribution in [0.2, 0.25) is 0 Å². The van der Waals surface area contributed by atoms with Gasteiger partial charge in [0, 0.05) is 23.8 Å². The second kappa shape index (κ2) is 10.4. The number of nitrogens with one attached hydrogen (secondary N) is 1. The number of carbonyl (C=O) groups excluding carboxylic acids is 1. The lowest BCUT2D eigenvalue weighted by atomic mass is 10.1. The molecule has 8 nitrogen and oxygen atoms in total. The van der Waals surface area contributed by atoms with Crippen LogP contribution in [0.25, 0.3) is 22.6 Å². The lowest BCUT2D eigenvalue weighted by Gasteiger charge is -2.14. The van der Waals surface area contributed by atoms with Crippen molar-refractivity contribution in [3.63, 3.8) is 0 Å². The molecule has 3 heterocycles. The molecule has 0 radical (unpaired) electrons. The first-order valence-electron chi connectivity index (χ1n) is 11.3. The number of hydrogen-bond acceptors (Lipinski definition) is 7. The van der Waals surface area contributed by atoms with E-state index < -0.39 is 0 Å². The number of ether oxygens (including phenoxy) is 1. The Morgan fingerprint density at radius 2 is 1.91 bits per heavy atom. The highest BCUT2D eigenvalue weighted by atomic mass is 32.2. The second-order valence-corrected chi connectivity index (χ2v) is 9.28. The number of benzene rings is 2. The van der Waals surface area contributed by atoms with Crippen LogP contribution in [0.15, 0.2) is 64.3 Å². The molecule has 1 N–H and O–H groups in total. The van der Waals surface area contributed by atoms with Crippen molar-refractivity contribution in [3.8, 4) is 22.6 Å². The first-order valence-corrected chi connectivity index (χ1v) is 12.3. The van der Waals surface area contributed by atoms with Crippen LogP contribution in [0.5, 0.6) is 0 Å². The third kappa shape index (κ3) is 5.60. The van der Waals surface area contributed by atoms with E-state index in [-0.39, 0.29) is 29.5 Å². The van der Waals surface area contributed by atoms with E-state index in [2.05, 4.69) is 20.7 Å². The van der Waals surface area contributed by atoms with Gasteiger partial charge in [0.05, 0.1) is 18.4 Å². The number of rotatable bonds is 8. The lowest BCUT2D eigenvalue weighted by molar-refractivity contribution is -0.113. The number of thioether (sulfide) groups is 1. The Morgan fingerprint density at radius 1 is 1.14 bits per heavy atom. The summed E-state index contributed by atoms with van der Waals surface area (Å²) in [4.78, 5) is 12.6. The van der Waals surface area contributed by atoms with Crippen LogP contribution in [0.3, 0.4) is 0 Å². The summed E-state index contributed by atoms with van der Waals surface area (Å²) in [5.74, 6) is 0.424. The molecule has 1 unspecified atom stereocenters. The van der Waals surface area contributed by atoms with Crippen molar-refractivity contribution < 1.29 is 18.4 Å². The van der Waals surface area contributed by atoms with Crippen LogP contribution in [0, 0.1) is 12.7 Å². The third-order valence-corrected chi connectivity index (χ3v) is 6.65. The Hall–Kier alpha value is -3.50. The summed E-state index contributed by atoms with van der Waals surface area (Å²) < 4.78 is 26.4. The fourth-order valence-corrected chi connectivity index (χ4v) is 4.61. The minimum Gasteiger partial charge on any atom is -0.376 e. The average molecular weight is 494 g/mol. The topological polar surface area (TPSA) is 95.1 Å². The molecule has 2 aromatic heterocycles. The summed E-state index contributed by atoms with van der Waals surface area (Å²) in [6.07, 6.45) is 2.00. The van der Waals surface area contributed by atoms with E-state index in [0.29, 0.717) is 23.2 Å². The average Bonchev–Trinajstić information content (AvgIpc) is 3.61. The predicted octanol–water partition coefficient (Wildman–Crippen LogP) is 4.96. The molecular formula is C25H24FN5O3S. The Bertz CT molecular complexity index is 1300. The molecule has 5 rings (SSSR count). The zero-order valence-corrected chi connectivity index (χ0v) is 19.9. The molecular weight excluding hydrogens is 469 g/mol. The maximum Gasteiger partial charge on any atom is 0.237 e. The predicted molar refractivity (Wildman–Crippen MR) is 130 cm³/mol. The Kier molecular flexibility index (Phi) is 6.91. The monoisotopic (exact) mass is 493 g/mol. The zero-order valence-electron chi connectivity index (χ0n) is 19.1. The minimum absolute atomic E-state index is 0.0489. The van der Waals surface area contributed by atoms with E-state index in [0.717, 1.165) is 36.1 Å². The third-order valence-electron chi connectivity index (χ3n) is 5.68. The van der Waals surface area contributed by atoms with Crippen molar-refractivity contribution in [3.05, 3.63) is 66.0 Å². The fraction of sp³-hybridized carbons (Fsp3) is 0.280. The van der Waals surface area contributed by atoms with E-state index >= 15 is 0 Å². The molecule has 1 atom stereocenters. The summed E-state index contributed by atoms with van der Waals surface area (Å²) in [6, 6.07) is 15.7. The quantitative estimate of drug-likeness (QED) is 0.347. The van der Waals surface area contributed by atoms with Crippen LogP contribution in [0.1, 0.15) is 18.4 Å². The van der Waals surface area contributed by atoms with Crippen molar-refractivity contribution in [1.29, 1.82) is 0 Å². The summed E-state index contributed by atoms with van der Waals surface area (Å²) in [7, 11) is 0. The Labute approximate surface area is 205 Å². The smallest absolute Gasteiger partial charge is 0.237 e. The van der Waals surface area contributed by atoms with E-state index in [4.69, 9.17) is 9.26 Å². The van der Waals surface area contributed by atoms with Gasteiger partial charge in [-0.3, -0.25) is 14.7 Å². The van der Waals surface area contributed by atoms with Gasteiger partial charge in [-0.05, 0) is 44.0 Å². The summed E-state index contributed by atoms with van der Waals surface area (Å²) in [5, 5.41) is 16.0. The number of carbonyl (C=O) groups is 1. The number of nitrogens with zero attached hydrogens (tertiary/aromatic N) is 4. The number of aromatic nitrogens is 4. The normalized spacial score (nSPS) is 15.4. The molecule has 4 aromatic rings. The SMILES string of the molecule is Cc1ccc(-c2cc(NC(=O)CSc3nnc(-c4ccc(F)cc4)n3CC3CCCO3)on2)cc1. The number of hydrogen-bond donors (Lipinski definition) is 1. The molecule has 1 aliphatic heterocycles. The molecule has 35 heavy (non-hydrogen) atoms. The van der Waals surface area contributed by atoms with Crippen molar-refractivity contribution in [2.75, 3.05) is 17.7 Å². The molecule has 0 saturated carbocycles. The van der Waals surface area contributed by atoms with Gasteiger partial charge in [0.2, 0.25) is 11.8 Å². The fourth-order valence-electron chi connectivity index (χ4n) is 3.86. The van der Waals surface area contributed by atoms with Gasteiger partial charge in [0.1, 0.15) is 11.5 Å². The number of anilines is 1. The Balaban J connectivity index is 1.27. The number of aryl methyl sites for hydroxylation is 1. The van der Waals surface area contributed by atoms with Crippen LogP contribution in [-0.2, 0) is 16.1 Å². The molecule has 1 saturated heterocycles. The van der Waals surface area contributed by atoms with Gasteiger partial charge < -0.3 is 9.26 Å². The number of amides is 1. The largest absolute Gasteiger partial charge is 0.376 e. The molecule has 1 fully saturated rings. The summed E-state index contributed by atoms with van der Waals surface area (Å²) >= 11 is 1.27. The minimum atomic E-state index is -0.317. The first kappa shape index (κ1) is 23.3. The molecule has 0 spiro atoms. The van der Waals surface area contributed by atoms with Crippen LogP contribution >= 0.6 is 11.8 Å². The molecule has 180 valence electrons. The number of halogens is 1. The lowest BCUT2D eigenvalue weighted by Crippen LogP contribution is -2.18. The molecule has 0 aliphatic carbocycles. The summed E-state index contributed by atoms with van der Waals surface area (Å²) in [6.45, 7) is 3.30. The van der Waals surface area contributed by atoms with Crippen LogP contribution < -0.4 is 5.32 Å². The van der Waals surface area contributed by atoms with Gasteiger partial charge in [-0.2, -0.15) is 0 Å². The van der Waals surface area contributed by atoms with Gasteiger partial charge in [-0.15, -0.1) is 10.2 Å². The van der Waals surface area contributed by atoms with Gasteiger partial charge in [-0.1, -0.05) is 46.7 Å². The van der Waals surface area contributed by atoms with Crippen molar-refractivity contribution >= 4 is 23.6 Å². The molecule has 0 bridgehead atoms. The van der Waals surface area contributed by atoms with Crippen LogP contribution in [-0.4, -0.2) is 44.3 Å².